The zero-order valence-electron chi connectivity index (χ0n) is 16.8. The van der Waals surface area contributed by atoms with Crippen LogP contribution in [0.1, 0.15) is 41.0 Å². The minimum absolute atomic E-state index is 0.0806. The van der Waals surface area contributed by atoms with E-state index < -0.39 is 60.3 Å². The Bertz CT molecular complexity index is 600. The van der Waals surface area contributed by atoms with Crippen molar-refractivity contribution in [2.45, 2.75) is 71.6 Å². The zero-order valence-corrected chi connectivity index (χ0v) is 16.8. The van der Waals surface area contributed by atoms with Crippen LogP contribution in [0.3, 0.4) is 0 Å². The normalized spacial score (nSPS) is 27.8. The van der Waals surface area contributed by atoms with Crippen LogP contribution in [0.5, 0.6) is 0 Å². The van der Waals surface area contributed by atoms with E-state index in [0.29, 0.717) is 0 Å². The molecule has 0 aromatic heterocycles. The van der Waals surface area contributed by atoms with Gasteiger partial charge in [0.15, 0.2) is 6.10 Å². The number of carbonyl (C=O) groups is 4. The summed E-state index contributed by atoms with van der Waals surface area (Å²) in [4.78, 5) is 47.1. The van der Waals surface area contributed by atoms with Gasteiger partial charge in [0.1, 0.15) is 18.3 Å². The molecule has 158 valence electrons. The lowest BCUT2D eigenvalue weighted by atomic mass is 9.84. The summed E-state index contributed by atoms with van der Waals surface area (Å²) >= 11 is 0. The fourth-order valence-electron chi connectivity index (χ4n) is 3.16. The molecule has 1 aliphatic rings. The Hall–Kier alpha value is -2.42. The Labute approximate surface area is 164 Å². The average molecular weight is 400 g/mol. The molecule has 0 aromatic rings. The highest BCUT2D eigenvalue weighted by Gasteiger charge is 2.52. The van der Waals surface area contributed by atoms with E-state index in [-0.39, 0.29) is 13.0 Å². The summed E-state index contributed by atoms with van der Waals surface area (Å²) in [6.07, 6.45) is -3.15. The van der Waals surface area contributed by atoms with E-state index in [1.165, 1.54) is 13.8 Å². The Morgan fingerprint density at radius 1 is 1.04 bits per heavy atom. The molecule has 0 aliphatic carbocycles. The van der Waals surface area contributed by atoms with Crippen molar-refractivity contribution in [2.24, 2.45) is 5.92 Å². The predicted molar refractivity (Wildman–Crippen MR) is 95.9 cm³/mol. The van der Waals surface area contributed by atoms with Gasteiger partial charge < -0.3 is 23.7 Å². The maximum atomic E-state index is 12.4. The second-order valence-electron chi connectivity index (χ2n) is 6.45. The molecule has 0 bridgehead atoms. The van der Waals surface area contributed by atoms with Crippen molar-refractivity contribution in [3.8, 4) is 0 Å². The molecule has 1 rings (SSSR count). The number of hydrogen-bond donors (Lipinski definition) is 0. The van der Waals surface area contributed by atoms with E-state index in [0.717, 1.165) is 6.92 Å². The molecule has 0 spiro atoms. The molecule has 0 amide bonds. The van der Waals surface area contributed by atoms with E-state index >= 15 is 0 Å². The van der Waals surface area contributed by atoms with Crippen molar-refractivity contribution in [1.29, 1.82) is 0 Å². The third-order valence-electron chi connectivity index (χ3n) is 4.17. The third kappa shape index (κ3) is 6.33. The molecule has 1 fully saturated rings. The summed E-state index contributed by atoms with van der Waals surface area (Å²) < 4.78 is 26.9. The van der Waals surface area contributed by atoms with Crippen LogP contribution in [0.15, 0.2) is 12.7 Å². The highest BCUT2D eigenvalue weighted by Crippen LogP contribution is 2.34. The maximum Gasteiger partial charge on any atom is 0.350 e. The number of ether oxygens (including phenoxy) is 5. The van der Waals surface area contributed by atoms with Crippen molar-refractivity contribution in [3.63, 3.8) is 0 Å². The third-order valence-corrected chi connectivity index (χ3v) is 4.17. The zero-order chi connectivity index (χ0) is 21.4. The number of rotatable bonds is 8. The topological polar surface area (TPSA) is 114 Å². The van der Waals surface area contributed by atoms with Gasteiger partial charge >= 0.3 is 23.9 Å². The smallest absolute Gasteiger partial charge is 0.350 e. The number of esters is 4. The Morgan fingerprint density at radius 2 is 1.61 bits per heavy atom. The standard InChI is InChI=1S/C19H28O9/c1-7-9-14-17(26-12(5)21)15(25-11(4)20)10(3)16(28-14)18(27-13(6)22)19(23)24-8-2/h7,10,14-18H,1,8-9H2,2-6H3/t10-,14-,15-,16-,17-,18+/m1/s1. The van der Waals surface area contributed by atoms with E-state index in [2.05, 4.69) is 6.58 Å². The van der Waals surface area contributed by atoms with Crippen LogP contribution in [-0.2, 0) is 42.9 Å². The SMILES string of the molecule is C=CC[C@H]1O[C@@H]([C@H](OC(C)=O)C(=O)OCC)[C@H](C)[C@@H](OC(C)=O)[C@@H]1OC(C)=O. The lowest BCUT2D eigenvalue weighted by molar-refractivity contribution is -0.241. The quantitative estimate of drug-likeness (QED) is 0.338. The first-order valence-electron chi connectivity index (χ1n) is 9.06. The molecule has 0 unspecified atom stereocenters. The first-order valence-corrected chi connectivity index (χ1v) is 9.06. The minimum atomic E-state index is -1.36. The number of hydrogen-bond acceptors (Lipinski definition) is 9. The summed E-state index contributed by atoms with van der Waals surface area (Å²) in [5.41, 5.74) is 0. The van der Waals surface area contributed by atoms with Gasteiger partial charge in [-0.05, 0) is 13.3 Å². The molecule has 1 heterocycles. The molecular weight excluding hydrogens is 372 g/mol. The van der Waals surface area contributed by atoms with Gasteiger partial charge in [0.05, 0.1) is 6.61 Å². The van der Waals surface area contributed by atoms with Gasteiger partial charge in [-0.25, -0.2) is 4.79 Å². The van der Waals surface area contributed by atoms with Crippen molar-refractivity contribution in [3.05, 3.63) is 12.7 Å². The molecule has 9 nitrogen and oxygen atoms in total. The van der Waals surface area contributed by atoms with Crippen molar-refractivity contribution < 1.29 is 42.9 Å². The molecule has 0 saturated carbocycles. The first-order chi connectivity index (χ1) is 13.1. The second-order valence-corrected chi connectivity index (χ2v) is 6.45. The highest BCUT2D eigenvalue weighted by molar-refractivity contribution is 5.79. The largest absolute Gasteiger partial charge is 0.463 e. The summed E-state index contributed by atoms with van der Waals surface area (Å²) in [6, 6.07) is 0. The van der Waals surface area contributed by atoms with Crippen molar-refractivity contribution in [1.82, 2.24) is 0 Å². The fraction of sp³-hybridized carbons (Fsp3) is 0.684. The second kappa shape index (κ2) is 10.8. The van der Waals surface area contributed by atoms with E-state index in [4.69, 9.17) is 23.7 Å². The van der Waals surface area contributed by atoms with Crippen LogP contribution >= 0.6 is 0 Å². The molecule has 9 heteroatoms. The van der Waals surface area contributed by atoms with Crippen LogP contribution < -0.4 is 0 Å². The Kier molecular flexibility index (Phi) is 9.11. The van der Waals surface area contributed by atoms with E-state index in [9.17, 15) is 19.2 Å². The number of carbonyl (C=O) groups excluding carboxylic acids is 4. The fourth-order valence-corrected chi connectivity index (χ4v) is 3.16. The van der Waals surface area contributed by atoms with Crippen LogP contribution in [-0.4, -0.2) is 61.0 Å². The Balaban J connectivity index is 3.31. The molecule has 1 saturated heterocycles. The Morgan fingerprint density at radius 3 is 2.07 bits per heavy atom. The lowest BCUT2D eigenvalue weighted by Crippen LogP contribution is -2.60. The van der Waals surface area contributed by atoms with Crippen molar-refractivity contribution in [2.75, 3.05) is 6.61 Å². The van der Waals surface area contributed by atoms with Gasteiger partial charge in [0.2, 0.25) is 6.10 Å². The van der Waals surface area contributed by atoms with Gasteiger partial charge in [-0.1, -0.05) is 13.0 Å². The summed E-state index contributed by atoms with van der Waals surface area (Å²) in [6.45, 7) is 10.6. The molecule has 0 N–H and O–H groups in total. The van der Waals surface area contributed by atoms with Gasteiger partial charge in [-0.3, -0.25) is 14.4 Å². The first kappa shape index (κ1) is 23.6. The molecule has 6 atom stereocenters. The molecular formula is C19H28O9. The van der Waals surface area contributed by atoms with Gasteiger partial charge in [0, 0.05) is 26.7 Å². The average Bonchev–Trinajstić information content (AvgIpc) is 2.58. The van der Waals surface area contributed by atoms with Gasteiger partial charge in [-0.2, -0.15) is 0 Å². The molecule has 28 heavy (non-hydrogen) atoms. The highest BCUT2D eigenvalue weighted by atomic mass is 16.6. The summed E-state index contributed by atoms with van der Waals surface area (Å²) in [5.74, 6) is -3.29. The van der Waals surface area contributed by atoms with Crippen molar-refractivity contribution >= 4 is 23.9 Å². The molecule has 0 radical (unpaired) electrons. The predicted octanol–water partition coefficient (Wildman–Crippen LogP) is 1.32. The lowest BCUT2D eigenvalue weighted by Gasteiger charge is -2.45. The maximum absolute atomic E-state index is 12.4. The van der Waals surface area contributed by atoms with Gasteiger partial charge in [0.25, 0.3) is 0 Å². The van der Waals surface area contributed by atoms with Crippen LogP contribution in [0.2, 0.25) is 0 Å². The van der Waals surface area contributed by atoms with E-state index in [1.54, 1.807) is 19.9 Å². The van der Waals surface area contributed by atoms with Crippen LogP contribution in [0.4, 0.5) is 0 Å². The van der Waals surface area contributed by atoms with Crippen LogP contribution in [0, 0.1) is 5.92 Å². The minimum Gasteiger partial charge on any atom is -0.463 e. The summed E-state index contributed by atoms with van der Waals surface area (Å²) in [5, 5.41) is 0. The molecule has 0 aromatic carbocycles. The van der Waals surface area contributed by atoms with Crippen LogP contribution in [0.25, 0.3) is 0 Å². The molecule has 1 aliphatic heterocycles. The summed E-state index contributed by atoms with van der Waals surface area (Å²) in [7, 11) is 0. The monoisotopic (exact) mass is 400 g/mol. The van der Waals surface area contributed by atoms with Gasteiger partial charge in [-0.15, -0.1) is 6.58 Å². The van der Waals surface area contributed by atoms with E-state index in [1.807, 2.05) is 0 Å².